The zero-order valence-electron chi connectivity index (χ0n) is 42.1. The van der Waals surface area contributed by atoms with Crippen LogP contribution in [0.1, 0.15) is 90.2 Å². The number of likely N-dealkylation sites (N-methyl/N-ethyl adjacent to an activating group) is 2. The molecule has 0 atom stereocenters. The lowest BCUT2D eigenvalue weighted by molar-refractivity contribution is -0.497. The quantitative estimate of drug-likeness (QED) is 0.0647. The Morgan fingerprint density at radius 1 is 0.457 bits per heavy atom. The highest BCUT2D eigenvalue weighted by Gasteiger charge is 2.32. The summed E-state index contributed by atoms with van der Waals surface area (Å²) in [6.07, 6.45) is 24.1. The number of rotatable bonds is 24. The van der Waals surface area contributed by atoms with Crippen LogP contribution in [0.25, 0.3) is 11.1 Å². The molecule has 0 fully saturated rings. The molecule has 0 heterocycles. The summed E-state index contributed by atoms with van der Waals surface area (Å²) in [5.74, 6) is 0.453. The first kappa shape index (κ1) is 50.9. The van der Waals surface area contributed by atoms with Gasteiger partial charge in [0.2, 0.25) is 0 Å². The number of anilines is 2. The smallest absolute Gasteiger partial charge is 0.199 e. The van der Waals surface area contributed by atoms with Crippen molar-refractivity contribution in [3.63, 3.8) is 0 Å². The summed E-state index contributed by atoms with van der Waals surface area (Å²) in [4.78, 5) is 31.5. The third-order valence-corrected chi connectivity index (χ3v) is 13.4. The van der Waals surface area contributed by atoms with Gasteiger partial charge in [0.05, 0.1) is 0 Å². The molecule has 4 aliphatic carbocycles. The third-order valence-electron chi connectivity index (χ3n) is 13.4. The van der Waals surface area contributed by atoms with Crippen LogP contribution < -0.4 is 29.5 Å². The van der Waals surface area contributed by atoms with E-state index in [0.717, 1.165) is 100 Å². The molecule has 0 N–H and O–H groups in total. The number of carbonyl (C=O) groups excluding carboxylic acids is 2. The van der Waals surface area contributed by atoms with Gasteiger partial charge in [-0.25, -0.2) is 9.15 Å². The highest BCUT2D eigenvalue weighted by atomic mass is 16.5. The Bertz CT molecular complexity index is 2480. The second-order valence-corrected chi connectivity index (χ2v) is 18.4. The van der Waals surface area contributed by atoms with Gasteiger partial charge in [-0.3, -0.25) is 9.59 Å². The highest BCUT2D eigenvalue weighted by Crippen LogP contribution is 2.39. The molecule has 4 aliphatic rings. The lowest BCUT2D eigenvalue weighted by Crippen LogP contribution is -2.30. The lowest BCUT2D eigenvalue weighted by atomic mass is 9.80. The lowest BCUT2D eigenvalue weighted by Gasteiger charge is -2.32. The van der Waals surface area contributed by atoms with E-state index in [-0.39, 0.29) is 45.4 Å². The monoisotopic (exact) mass is 943 g/mol. The first-order valence-corrected chi connectivity index (χ1v) is 25.4. The molecule has 0 saturated heterocycles. The molecule has 7 rings (SSSR count). The van der Waals surface area contributed by atoms with Crippen LogP contribution in [0, 0.1) is 0 Å². The molecule has 10 nitrogen and oxygen atoms in total. The zero-order valence-corrected chi connectivity index (χ0v) is 42.1. The summed E-state index contributed by atoms with van der Waals surface area (Å²) in [6, 6.07) is 23.4. The maximum atomic E-state index is 13.4. The number of allylic oxidation sites excluding steroid dienone is 14. The van der Waals surface area contributed by atoms with Crippen molar-refractivity contribution >= 4 is 45.5 Å². The predicted octanol–water partition coefficient (Wildman–Crippen LogP) is 8.98. The van der Waals surface area contributed by atoms with Gasteiger partial charge in [-0.1, -0.05) is 101 Å². The van der Waals surface area contributed by atoms with Crippen LogP contribution in [0.5, 0.6) is 11.5 Å². The average Bonchev–Trinajstić information content (AvgIpc) is 3.38. The number of para-hydroxylation sites is 2. The molecule has 70 heavy (non-hydrogen) atoms. The highest BCUT2D eigenvalue weighted by molar-refractivity contribution is 6.40. The van der Waals surface area contributed by atoms with Gasteiger partial charge in [-0.05, 0) is 109 Å². The van der Waals surface area contributed by atoms with E-state index in [1.165, 1.54) is 0 Å². The van der Waals surface area contributed by atoms with Crippen LogP contribution in [0.4, 0.5) is 11.4 Å². The van der Waals surface area contributed by atoms with E-state index in [1.807, 2.05) is 135 Å². The number of Topliss-reactive ketones (excluding diaryl/α,β-unsaturated/α-hetero) is 2. The summed E-state index contributed by atoms with van der Waals surface area (Å²) in [5.41, 5.74) is 7.70. The minimum absolute atomic E-state index is 0.208. The number of nitrogens with zero attached hydrogens (tertiary/aromatic N) is 4. The molecule has 0 saturated carbocycles. The van der Waals surface area contributed by atoms with Gasteiger partial charge < -0.3 is 29.5 Å². The van der Waals surface area contributed by atoms with E-state index >= 15 is 0 Å². The average molecular weight is 943 g/mol. The van der Waals surface area contributed by atoms with Crippen LogP contribution >= 0.6 is 0 Å². The van der Waals surface area contributed by atoms with E-state index in [9.17, 15) is 19.8 Å². The van der Waals surface area contributed by atoms with Crippen molar-refractivity contribution in [1.82, 2.24) is 0 Å². The van der Waals surface area contributed by atoms with Gasteiger partial charge in [-0.15, -0.1) is 0 Å². The fraction of sp³-hybridized carbons (Fsp3) is 0.367. The minimum Gasteiger partial charge on any atom is -0.871 e. The van der Waals surface area contributed by atoms with Gasteiger partial charge in [0.25, 0.3) is 0 Å². The Kier molecular flexibility index (Phi) is 17.9. The summed E-state index contributed by atoms with van der Waals surface area (Å²) in [5, 5.41) is 26.7. The number of carbonyl (C=O) groups is 2. The Hall–Kier alpha value is -6.94. The standard InChI is InChI=1S/C60H70N4O6/c1-7-11-35-63(36-12-8-2)49-31-23-45(24-32-49)55-57(65)53(58(55)66)43-19-27-47(28-20-43)61(5)39-41-69-51-17-15-16-18-52(51)70-42-40-62(6)48-29-21-44(22-30-48)54-59(67)56(60(54)68)46-25-33-50(34-26-46)64(37-13-9-3)38-14-10-4/h15-34H,7-14,35-42H2,1-6H3. The zero-order chi connectivity index (χ0) is 49.6. The molecule has 0 spiro atoms. The number of hydrogen-bond donors (Lipinski definition) is 0. The Morgan fingerprint density at radius 2 is 0.786 bits per heavy atom. The molecule has 0 aromatic heterocycles. The molecule has 0 amide bonds. The van der Waals surface area contributed by atoms with Crippen LogP contribution in [0.3, 0.4) is 0 Å². The van der Waals surface area contributed by atoms with E-state index in [2.05, 4.69) is 46.6 Å². The predicted molar refractivity (Wildman–Crippen MR) is 281 cm³/mol. The molecule has 366 valence electrons. The second kappa shape index (κ2) is 24.6. The molecule has 0 radical (unpaired) electrons. The van der Waals surface area contributed by atoms with Gasteiger partial charge in [-0.2, -0.15) is 0 Å². The van der Waals surface area contributed by atoms with Crippen molar-refractivity contribution in [3.8, 4) is 11.5 Å². The van der Waals surface area contributed by atoms with Gasteiger partial charge in [0.1, 0.15) is 27.3 Å². The molecule has 10 heteroatoms. The second-order valence-electron chi connectivity index (χ2n) is 18.4. The summed E-state index contributed by atoms with van der Waals surface area (Å²) >= 11 is 0. The van der Waals surface area contributed by atoms with Crippen LogP contribution in [-0.4, -0.2) is 98.7 Å². The number of ether oxygens (including phenoxy) is 2. The number of unbranched alkanes of at least 4 members (excludes halogenated alkanes) is 4. The molecule has 3 aromatic carbocycles. The molecular formula is C60H70N4O6. The Labute approximate surface area is 415 Å². The Morgan fingerprint density at radius 3 is 1.09 bits per heavy atom. The van der Waals surface area contributed by atoms with Gasteiger partial charge in [0, 0.05) is 84.2 Å². The molecule has 3 aromatic rings. The van der Waals surface area contributed by atoms with Crippen LogP contribution in [-0.2, 0) is 9.59 Å². The van der Waals surface area contributed by atoms with Crippen molar-refractivity contribution in [1.29, 1.82) is 0 Å². The first-order valence-electron chi connectivity index (χ1n) is 25.4. The molecular weight excluding hydrogens is 873 g/mol. The molecule has 0 bridgehead atoms. The number of hydrogen-bond acceptors (Lipinski definition) is 8. The van der Waals surface area contributed by atoms with Crippen LogP contribution in [0.15, 0.2) is 155 Å². The fourth-order valence-corrected chi connectivity index (χ4v) is 8.95. The maximum absolute atomic E-state index is 13.4. The van der Waals surface area contributed by atoms with Gasteiger partial charge in [0.15, 0.2) is 47.6 Å². The fourth-order valence-electron chi connectivity index (χ4n) is 8.95. The van der Waals surface area contributed by atoms with E-state index in [1.54, 1.807) is 0 Å². The van der Waals surface area contributed by atoms with Crippen molar-refractivity contribution in [3.05, 3.63) is 166 Å². The van der Waals surface area contributed by atoms with Crippen molar-refractivity contribution < 1.29 is 38.4 Å². The van der Waals surface area contributed by atoms with E-state index < -0.39 is 0 Å². The maximum Gasteiger partial charge on any atom is 0.199 e. The number of ketones is 2. The van der Waals surface area contributed by atoms with Crippen molar-refractivity contribution in [2.75, 3.05) is 76.4 Å². The third kappa shape index (κ3) is 11.9. The largest absolute Gasteiger partial charge is 0.871 e. The van der Waals surface area contributed by atoms with Gasteiger partial charge >= 0.3 is 0 Å². The molecule has 0 unspecified atom stereocenters. The van der Waals surface area contributed by atoms with Crippen LogP contribution in [0.2, 0.25) is 0 Å². The SMILES string of the molecule is CCCCN(CCCC)c1ccc(C2=C([O-])C(=C3C=CC(=[N+](C)CCOc4ccccc4OCC[N+](C)=C4C=CC(=C5C(=O)C(c6ccc(N(CCCC)CCCC)cc6)=C5[O-])C=C4)C=C3)C2=O)cc1. The summed E-state index contributed by atoms with van der Waals surface area (Å²) in [6.45, 7) is 14.7. The van der Waals surface area contributed by atoms with Crippen molar-refractivity contribution in [2.45, 2.75) is 79.1 Å². The Balaban J connectivity index is 0.896. The number of benzene rings is 3. The molecule has 0 aliphatic heterocycles. The normalized spacial score (nSPS) is 15.3. The van der Waals surface area contributed by atoms with E-state index in [4.69, 9.17) is 9.47 Å². The first-order chi connectivity index (χ1) is 34.1. The minimum atomic E-state index is -0.208. The summed E-state index contributed by atoms with van der Waals surface area (Å²) in [7, 11) is 3.95. The summed E-state index contributed by atoms with van der Waals surface area (Å²) < 4.78 is 16.5. The van der Waals surface area contributed by atoms with Crippen molar-refractivity contribution in [2.24, 2.45) is 0 Å². The van der Waals surface area contributed by atoms with E-state index in [0.29, 0.717) is 60.1 Å². The topological polar surface area (TPSA) is 111 Å².